The van der Waals surface area contributed by atoms with Gasteiger partial charge >= 0.3 is 0 Å². The summed E-state index contributed by atoms with van der Waals surface area (Å²) >= 11 is 11.8. The minimum absolute atomic E-state index is 0.0856. The lowest BCUT2D eigenvalue weighted by Gasteiger charge is -2.06. The van der Waals surface area contributed by atoms with E-state index < -0.39 is 5.91 Å². The van der Waals surface area contributed by atoms with Crippen LogP contribution in [0.3, 0.4) is 0 Å². The molecule has 0 unspecified atom stereocenters. The van der Waals surface area contributed by atoms with E-state index in [0.717, 1.165) is 0 Å². The number of hydrogen-bond acceptors (Lipinski definition) is 4. The predicted molar refractivity (Wildman–Crippen MR) is 87.3 cm³/mol. The first-order valence-electron chi connectivity index (χ1n) is 6.09. The molecule has 0 spiro atoms. The average Bonchev–Trinajstić information content (AvgIpc) is 2.49. The fraction of sp³-hybridized carbons (Fsp3) is 0. The molecule has 0 radical (unpaired) electrons. The first-order valence-corrected chi connectivity index (χ1v) is 6.85. The number of nitriles is 1. The van der Waals surface area contributed by atoms with Crippen LogP contribution in [0, 0.1) is 11.3 Å². The smallest absolute Gasteiger partial charge is 0.266 e. The third-order valence-electron chi connectivity index (χ3n) is 2.66. The van der Waals surface area contributed by atoms with Crippen molar-refractivity contribution in [3.63, 3.8) is 0 Å². The minimum atomic E-state index is -0.580. The van der Waals surface area contributed by atoms with Crippen molar-refractivity contribution in [3.8, 4) is 6.07 Å². The van der Waals surface area contributed by atoms with Gasteiger partial charge in [-0.05, 0) is 42.0 Å². The van der Waals surface area contributed by atoms with Crippen LogP contribution in [0.4, 0.5) is 11.5 Å². The Morgan fingerprint density at radius 3 is 2.68 bits per heavy atom. The molecule has 110 valence electrons. The van der Waals surface area contributed by atoms with Crippen LogP contribution in [0.25, 0.3) is 6.08 Å². The molecule has 0 aliphatic rings. The van der Waals surface area contributed by atoms with Crippen LogP contribution < -0.4 is 11.1 Å². The number of amides is 1. The zero-order chi connectivity index (χ0) is 16.1. The zero-order valence-electron chi connectivity index (χ0n) is 11.2. The topological polar surface area (TPSA) is 91.8 Å². The van der Waals surface area contributed by atoms with Crippen molar-refractivity contribution >= 4 is 46.7 Å². The van der Waals surface area contributed by atoms with E-state index in [0.29, 0.717) is 22.1 Å². The Labute approximate surface area is 137 Å². The summed E-state index contributed by atoms with van der Waals surface area (Å²) in [7, 11) is 0. The highest BCUT2D eigenvalue weighted by Crippen LogP contribution is 2.25. The summed E-state index contributed by atoms with van der Waals surface area (Å²) in [6.07, 6.45) is 2.88. The van der Waals surface area contributed by atoms with E-state index in [9.17, 15) is 4.79 Å². The van der Waals surface area contributed by atoms with Crippen LogP contribution in [0.15, 0.2) is 42.1 Å². The molecule has 1 aromatic heterocycles. The van der Waals surface area contributed by atoms with Crippen LogP contribution >= 0.6 is 23.2 Å². The number of nitrogen functional groups attached to an aromatic ring is 1. The first-order chi connectivity index (χ1) is 10.5. The van der Waals surface area contributed by atoms with Crippen LogP contribution in [-0.2, 0) is 4.79 Å². The van der Waals surface area contributed by atoms with Gasteiger partial charge in [-0.15, -0.1) is 0 Å². The molecular formula is C15H10Cl2N4O. The van der Waals surface area contributed by atoms with Gasteiger partial charge in [0.1, 0.15) is 17.5 Å². The number of carbonyl (C=O) groups is 1. The summed E-state index contributed by atoms with van der Waals surface area (Å²) < 4.78 is 0. The summed E-state index contributed by atoms with van der Waals surface area (Å²) in [5.74, 6) is -0.225. The molecule has 7 heteroatoms. The van der Waals surface area contributed by atoms with E-state index in [2.05, 4.69) is 10.3 Å². The molecule has 0 aliphatic carbocycles. The molecule has 5 nitrogen and oxygen atoms in total. The van der Waals surface area contributed by atoms with Gasteiger partial charge in [-0.3, -0.25) is 4.79 Å². The highest BCUT2D eigenvalue weighted by atomic mass is 35.5. The molecule has 0 atom stereocenters. The Balaban J connectivity index is 2.22. The van der Waals surface area contributed by atoms with Gasteiger partial charge in [0, 0.05) is 11.2 Å². The third-order valence-corrected chi connectivity index (χ3v) is 3.21. The first kappa shape index (κ1) is 15.8. The Kier molecular flexibility index (Phi) is 4.99. The van der Waals surface area contributed by atoms with Crippen molar-refractivity contribution in [1.82, 2.24) is 4.98 Å². The number of benzene rings is 1. The number of carbonyl (C=O) groups excluding carboxylic acids is 1. The van der Waals surface area contributed by atoms with Crippen molar-refractivity contribution in [2.24, 2.45) is 0 Å². The lowest BCUT2D eigenvalue weighted by molar-refractivity contribution is -0.112. The monoisotopic (exact) mass is 332 g/mol. The van der Waals surface area contributed by atoms with Crippen molar-refractivity contribution in [1.29, 1.82) is 5.26 Å². The predicted octanol–water partition coefficient (Wildman–Crippen LogP) is 3.52. The second kappa shape index (κ2) is 6.94. The number of rotatable bonds is 3. The molecule has 0 fully saturated rings. The number of pyridine rings is 1. The number of nitrogens with one attached hydrogen (secondary N) is 1. The van der Waals surface area contributed by atoms with Gasteiger partial charge in [-0.2, -0.15) is 5.26 Å². The Bertz CT molecular complexity index is 779. The Morgan fingerprint density at radius 1 is 1.32 bits per heavy atom. The fourth-order valence-corrected chi connectivity index (χ4v) is 2.05. The molecule has 22 heavy (non-hydrogen) atoms. The number of hydrogen-bond donors (Lipinski definition) is 2. The zero-order valence-corrected chi connectivity index (χ0v) is 12.7. The van der Waals surface area contributed by atoms with E-state index in [1.165, 1.54) is 18.3 Å². The summed E-state index contributed by atoms with van der Waals surface area (Å²) in [6.45, 7) is 0. The van der Waals surface area contributed by atoms with Crippen molar-refractivity contribution in [3.05, 3.63) is 57.7 Å². The highest BCUT2D eigenvalue weighted by Gasteiger charge is 2.11. The van der Waals surface area contributed by atoms with Crippen molar-refractivity contribution < 1.29 is 4.79 Å². The molecule has 1 amide bonds. The maximum Gasteiger partial charge on any atom is 0.266 e. The molecule has 2 rings (SSSR count). The van der Waals surface area contributed by atoms with E-state index >= 15 is 0 Å². The Morgan fingerprint density at radius 2 is 2.09 bits per heavy atom. The SMILES string of the molecule is N#C/C(=C\c1ccc(N)nc1)C(=O)Nc1ccc(Cl)cc1Cl. The van der Waals surface area contributed by atoms with Crippen molar-refractivity contribution in [2.45, 2.75) is 0 Å². The maximum absolute atomic E-state index is 12.1. The third kappa shape index (κ3) is 3.98. The summed E-state index contributed by atoms with van der Waals surface area (Å²) in [5, 5.41) is 12.4. The molecule has 1 heterocycles. The van der Waals surface area contributed by atoms with E-state index in [1.54, 1.807) is 24.3 Å². The normalized spacial score (nSPS) is 10.9. The van der Waals surface area contributed by atoms with Gasteiger partial charge in [0.25, 0.3) is 5.91 Å². The second-order valence-electron chi connectivity index (χ2n) is 4.26. The number of anilines is 2. The van der Waals surface area contributed by atoms with Gasteiger partial charge in [0.15, 0.2) is 0 Å². The lowest BCUT2D eigenvalue weighted by Crippen LogP contribution is -2.13. The van der Waals surface area contributed by atoms with Crippen molar-refractivity contribution in [2.75, 3.05) is 11.1 Å². The fourth-order valence-electron chi connectivity index (χ4n) is 1.60. The van der Waals surface area contributed by atoms with E-state index in [4.69, 9.17) is 34.2 Å². The van der Waals surface area contributed by atoms with Crippen LogP contribution in [0.1, 0.15) is 5.56 Å². The lowest BCUT2D eigenvalue weighted by atomic mass is 10.1. The quantitative estimate of drug-likeness (QED) is 0.664. The standard InChI is InChI=1S/C15H10Cl2N4O/c16-11-2-3-13(12(17)6-11)21-15(22)10(7-18)5-9-1-4-14(19)20-8-9/h1-6,8H,(H2,19,20)(H,21,22)/b10-5+. The van der Waals surface area contributed by atoms with E-state index in [1.807, 2.05) is 6.07 Å². The minimum Gasteiger partial charge on any atom is -0.384 e. The molecule has 3 N–H and O–H groups in total. The molecule has 0 saturated carbocycles. The molecule has 1 aromatic carbocycles. The number of halogens is 2. The average molecular weight is 333 g/mol. The summed E-state index contributed by atoms with van der Waals surface area (Å²) in [5.41, 5.74) is 6.35. The summed E-state index contributed by atoms with van der Waals surface area (Å²) in [4.78, 5) is 16.0. The Hall–Kier alpha value is -2.55. The van der Waals surface area contributed by atoms with Crippen LogP contribution in [0.5, 0.6) is 0 Å². The van der Waals surface area contributed by atoms with Gasteiger partial charge in [0.05, 0.1) is 10.7 Å². The molecule has 0 bridgehead atoms. The molecule has 0 aliphatic heterocycles. The maximum atomic E-state index is 12.1. The second-order valence-corrected chi connectivity index (χ2v) is 5.11. The van der Waals surface area contributed by atoms with Gasteiger partial charge < -0.3 is 11.1 Å². The number of nitrogens with zero attached hydrogens (tertiary/aromatic N) is 2. The molecule has 2 aromatic rings. The van der Waals surface area contributed by atoms with E-state index in [-0.39, 0.29) is 10.6 Å². The largest absolute Gasteiger partial charge is 0.384 e. The highest BCUT2D eigenvalue weighted by molar-refractivity contribution is 6.36. The number of nitrogens with two attached hydrogens (primary N) is 1. The van der Waals surface area contributed by atoms with Gasteiger partial charge in [-0.25, -0.2) is 4.98 Å². The summed E-state index contributed by atoms with van der Waals surface area (Å²) in [6, 6.07) is 9.71. The van der Waals surface area contributed by atoms with Gasteiger partial charge in [-0.1, -0.05) is 23.2 Å². The van der Waals surface area contributed by atoms with Crippen LogP contribution in [0.2, 0.25) is 10.0 Å². The van der Waals surface area contributed by atoms with Crippen LogP contribution in [-0.4, -0.2) is 10.9 Å². The number of aromatic nitrogens is 1. The molecular weight excluding hydrogens is 323 g/mol. The molecule has 0 saturated heterocycles. The van der Waals surface area contributed by atoms with Gasteiger partial charge in [0.2, 0.25) is 0 Å².